The first-order valence-electron chi connectivity index (χ1n) is 6.77. The molecule has 0 heteroatoms. The fourth-order valence-electron chi connectivity index (χ4n) is 1.81. The smallest absolute Gasteiger partial charge is 0.0323 e. The molecule has 0 unspecified atom stereocenters. The van der Waals surface area contributed by atoms with Gasteiger partial charge >= 0.3 is 0 Å². The highest BCUT2D eigenvalue weighted by molar-refractivity contribution is 4.93. The van der Waals surface area contributed by atoms with E-state index in [-0.39, 0.29) is 0 Å². The van der Waals surface area contributed by atoms with Crippen LogP contribution in [0.1, 0.15) is 77.6 Å². The zero-order valence-electron chi connectivity index (χ0n) is 10.7. The molecule has 0 heterocycles. The maximum atomic E-state index is 4.13. The van der Waals surface area contributed by atoms with Crippen LogP contribution in [0.3, 0.4) is 0 Å². The average molecular weight is 209 g/mol. The van der Waals surface area contributed by atoms with E-state index in [0.29, 0.717) is 0 Å². The first-order valence-corrected chi connectivity index (χ1v) is 6.77. The summed E-state index contributed by atoms with van der Waals surface area (Å²) in [6.45, 7) is 10.2. The van der Waals surface area contributed by atoms with Crippen molar-refractivity contribution in [2.45, 2.75) is 77.6 Å². The van der Waals surface area contributed by atoms with Gasteiger partial charge in [0.2, 0.25) is 0 Å². The van der Waals surface area contributed by atoms with E-state index in [2.05, 4.69) is 20.4 Å². The molecule has 0 aromatic carbocycles. The van der Waals surface area contributed by atoms with Gasteiger partial charge in [-0.15, -0.1) is 0 Å². The van der Waals surface area contributed by atoms with Crippen molar-refractivity contribution in [1.29, 1.82) is 0 Å². The Labute approximate surface area is 97.2 Å². The Hall–Kier alpha value is -0.260. The molecule has 0 aromatic rings. The summed E-state index contributed by atoms with van der Waals surface area (Å²) in [5.74, 6) is 0. The second-order valence-electron chi connectivity index (χ2n) is 4.58. The van der Waals surface area contributed by atoms with Crippen LogP contribution < -0.4 is 0 Å². The molecule has 0 saturated carbocycles. The number of unbranched alkanes of at least 4 members (excludes halogenated alkanes) is 7. The lowest BCUT2D eigenvalue weighted by molar-refractivity contribution is 0.590. The summed E-state index contributed by atoms with van der Waals surface area (Å²) in [4.78, 5) is 0. The van der Waals surface area contributed by atoms with Crippen molar-refractivity contribution < 1.29 is 0 Å². The predicted octanol–water partition coefficient (Wildman–Crippen LogP) is 5.69. The van der Waals surface area contributed by atoms with Crippen molar-refractivity contribution in [2.24, 2.45) is 0 Å². The third kappa shape index (κ3) is 11.7. The largest absolute Gasteiger partial charge is 0.0999 e. The van der Waals surface area contributed by atoms with E-state index in [1.165, 1.54) is 69.8 Å². The number of rotatable bonds is 11. The Morgan fingerprint density at radius 1 is 0.800 bits per heavy atom. The lowest BCUT2D eigenvalue weighted by Gasteiger charge is -2.04. The van der Waals surface area contributed by atoms with Crippen molar-refractivity contribution in [2.75, 3.05) is 0 Å². The zero-order valence-corrected chi connectivity index (χ0v) is 10.7. The summed E-state index contributed by atoms with van der Waals surface area (Å²) < 4.78 is 0. The molecule has 0 aliphatic rings. The molecule has 0 N–H and O–H groups in total. The molecule has 0 atom stereocenters. The normalized spacial score (nSPS) is 10.5. The minimum atomic E-state index is 1.10. The Bertz CT molecular complexity index is 135. The molecule has 0 spiro atoms. The molecule has 89 valence electrons. The fraction of sp³-hybridized carbons (Fsp3) is 0.800. The quantitative estimate of drug-likeness (QED) is 0.303. The fourth-order valence-corrected chi connectivity index (χ4v) is 1.81. The van der Waals surface area contributed by atoms with Crippen molar-refractivity contribution in [1.82, 2.24) is 0 Å². The first-order chi connectivity index (χ1) is 7.31. The molecule has 1 radical (unpaired) electrons. The molecular formula is C15H29. The summed E-state index contributed by atoms with van der Waals surface area (Å²) in [6, 6.07) is 0. The van der Waals surface area contributed by atoms with Gasteiger partial charge in [0.1, 0.15) is 0 Å². The van der Waals surface area contributed by atoms with Gasteiger partial charge in [0.15, 0.2) is 0 Å². The van der Waals surface area contributed by atoms with E-state index in [1.54, 1.807) is 0 Å². The molecule has 0 aliphatic carbocycles. The van der Waals surface area contributed by atoms with Crippen molar-refractivity contribution in [3.63, 3.8) is 0 Å². The van der Waals surface area contributed by atoms with E-state index in [0.717, 1.165) is 6.42 Å². The molecular weight excluding hydrogens is 180 g/mol. The highest BCUT2D eigenvalue weighted by Gasteiger charge is 1.95. The lowest BCUT2D eigenvalue weighted by Crippen LogP contribution is -1.84. The van der Waals surface area contributed by atoms with Gasteiger partial charge in [-0.25, -0.2) is 0 Å². The Morgan fingerprint density at radius 2 is 1.33 bits per heavy atom. The minimum absolute atomic E-state index is 1.10. The Kier molecular flexibility index (Phi) is 11.6. The highest BCUT2D eigenvalue weighted by atomic mass is 14.0. The third-order valence-electron chi connectivity index (χ3n) is 2.91. The molecule has 0 saturated heterocycles. The summed E-state index contributed by atoms with van der Waals surface area (Å²) >= 11 is 0. The average Bonchev–Trinajstić information content (AvgIpc) is 2.25. The predicted molar refractivity (Wildman–Crippen MR) is 71.0 cm³/mol. The van der Waals surface area contributed by atoms with Crippen LogP contribution >= 0.6 is 0 Å². The van der Waals surface area contributed by atoms with Crippen LogP contribution in [-0.4, -0.2) is 0 Å². The van der Waals surface area contributed by atoms with Crippen LogP contribution in [0, 0.1) is 6.92 Å². The molecule has 0 bridgehead atoms. The van der Waals surface area contributed by atoms with E-state index in [1.807, 2.05) is 0 Å². The topological polar surface area (TPSA) is 0 Å². The number of hydrogen-bond acceptors (Lipinski definition) is 0. The minimum Gasteiger partial charge on any atom is -0.0999 e. The van der Waals surface area contributed by atoms with Gasteiger partial charge in [-0.05, 0) is 25.7 Å². The molecule has 0 amide bonds. The van der Waals surface area contributed by atoms with Crippen LogP contribution in [0.5, 0.6) is 0 Å². The molecule has 0 aliphatic heterocycles. The number of allylic oxidation sites excluding steroid dienone is 1. The molecule has 0 aromatic heterocycles. The van der Waals surface area contributed by atoms with Crippen LogP contribution in [0.25, 0.3) is 0 Å². The van der Waals surface area contributed by atoms with Crippen molar-refractivity contribution >= 4 is 0 Å². The van der Waals surface area contributed by atoms with Crippen molar-refractivity contribution in [3.05, 3.63) is 19.1 Å². The third-order valence-corrected chi connectivity index (χ3v) is 2.91. The lowest BCUT2D eigenvalue weighted by atomic mass is 10.0. The summed E-state index contributed by atoms with van der Waals surface area (Å²) in [7, 11) is 0. The number of hydrogen-bond donors (Lipinski definition) is 0. The monoisotopic (exact) mass is 209 g/mol. The van der Waals surface area contributed by atoms with E-state index < -0.39 is 0 Å². The molecule has 15 heavy (non-hydrogen) atoms. The Balaban J connectivity index is 3.06. The summed E-state index contributed by atoms with van der Waals surface area (Å²) in [5, 5.41) is 0. The highest BCUT2D eigenvalue weighted by Crippen LogP contribution is 2.15. The van der Waals surface area contributed by atoms with Crippen LogP contribution in [-0.2, 0) is 0 Å². The van der Waals surface area contributed by atoms with Crippen LogP contribution in [0.15, 0.2) is 12.2 Å². The second-order valence-corrected chi connectivity index (χ2v) is 4.58. The maximum absolute atomic E-state index is 4.13. The van der Waals surface area contributed by atoms with Gasteiger partial charge in [-0.2, -0.15) is 0 Å². The SMILES string of the molecule is [CH2]CCCCCCCCC(=C)CCCC. The molecule has 0 fully saturated rings. The first kappa shape index (κ1) is 14.7. The summed E-state index contributed by atoms with van der Waals surface area (Å²) in [6.07, 6.45) is 14.5. The van der Waals surface area contributed by atoms with Gasteiger partial charge in [0, 0.05) is 0 Å². The Morgan fingerprint density at radius 3 is 1.93 bits per heavy atom. The van der Waals surface area contributed by atoms with Gasteiger partial charge in [-0.1, -0.05) is 70.9 Å². The van der Waals surface area contributed by atoms with Crippen LogP contribution in [0.4, 0.5) is 0 Å². The maximum Gasteiger partial charge on any atom is -0.0323 e. The van der Waals surface area contributed by atoms with Gasteiger partial charge in [-0.3, -0.25) is 0 Å². The van der Waals surface area contributed by atoms with Gasteiger partial charge in [0.05, 0.1) is 0 Å². The van der Waals surface area contributed by atoms with Gasteiger partial charge < -0.3 is 0 Å². The molecule has 0 nitrogen and oxygen atoms in total. The van der Waals surface area contributed by atoms with Gasteiger partial charge in [0.25, 0.3) is 0 Å². The van der Waals surface area contributed by atoms with Crippen LogP contribution in [0.2, 0.25) is 0 Å². The van der Waals surface area contributed by atoms with E-state index >= 15 is 0 Å². The summed E-state index contributed by atoms with van der Waals surface area (Å²) in [5.41, 5.74) is 1.47. The van der Waals surface area contributed by atoms with E-state index in [4.69, 9.17) is 0 Å². The second kappa shape index (κ2) is 11.8. The van der Waals surface area contributed by atoms with E-state index in [9.17, 15) is 0 Å². The molecule has 0 rings (SSSR count). The standard InChI is InChI=1S/C15H29/c1-4-6-8-9-10-11-12-14-15(3)13-7-5-2/h1,3-14H2,2H3. The van der Waals surface area contributed by atoms with Crippen molar-refractivity contribution in [3.8, 4) is 0 Å². The zero-order chi connectivity index (χ0) is 11.4.